The van der Waals surface area contributed by atoms with Gasteiger partial charge in [0, 0.05) is 13.8 Å². The van der Waals surface area contributed by atoms with Crippen molar-refractivity contribution < 1.29 is 23.8 Å². The molecular formula is C22H21ClN8O5. The molecule has 1 aliphatic heterocycles. The van der Waals surface area contributed by atoms with Gasteiger partial charge >= 0.3 is 11.9 Å². The number of nitrogens with zero attached hydrogens (tertiary/aromatic N) is 8. The zero-order valence-corrected chi connectivity index (χ0v) is 20.2. The molecule has 0 spiro atoms. The molecule has 4 aromatic rings. The van der Waals surface area contributed by atoms with Crippen molar-refractivity contribution in [3.05, 3.63) is 59.0 Å². The van der Waals surface area contributed by atoms with Crippen LogP contribution in [0.15, 0.2) is 36.7 Å². The highest BCUT2D eigenvalue weighted by Gasteiger charge is 2.53. The van der Waals surface area contributed by atoms with E-state index in [2.05, 4.69) is 30.4 Å². The van der Waals surface area contributed by atoms with Crippen LogP contribution in [0.1, 0.15) is 43.3 Å². The number of ether oxygens (including phenoxy) is 3. The third-order valence-electron chi connectivity index (χ3n) is 5.53. The number of rotatable bonds is 6. The second-order valence-electron chi connectivity index (χ2n) is 8.16. The average Bonchev–Trinajstić information content (AvgIpc) is 3.52. The Morgan fingerprint density at radius 3 is 2.53 bits per heavy atom. The van der Waals surface area contributed by atoms with Crippen LogP contribution in [0.4, 0.5) is 0 Å². The van der Waals surface area contributed by atoms with Crippen molar-refractivity contribution in [1.29, 1.82) is 0 Å². The summed E-state index contributed by atoms with van der Waals surface area (Å²) in [5.74, 6) is -1.04. The number of aromatic nitrogens is 8. The highest BCUT2D eigenvalue weighted by Crippen LogP contribution is 2.42. The van der Waals surface area contributed by atoms with Crippen LogP contribution < -0.4 is 0 Å². The molecule has 0 amide bonds. The maximum absolute atomic E-state index is 12.0. The topological polar surface area (TPSA) is 149 Å². The summed E-state index contributed by atoms with van der Waals surface area (Å²) in [5, 5.41) is 12.7. The highest BCUT2D eigenvalue weighted by atomic mass is 35.5. The highest BCUT2D eigenvalue weighted by molar-refractivity contribution is 6.28. The van der Waals surface area contributed by atoms with Crippen LogP contribution >= 0.6 is 11.6 Å². The molecule has 5 rings (SSSR count). The Morgan fingerprint density at radius 2 is 1.81 bits per heavy atom. The fraction of sp³-hybridized carbons (Fsp3) is 0.364. The van der Waals surface area contributed by atoms with E-state index < -0.39 is 36.5 Å². The summed E-state index contributed by atoms with van der Waals surface area (Å²) >= 11 is 6.08. The van der Waals surface area contributed by atoms with E-state index >= 15 is 0 Å². The first-order valence-electron chi connectivity index (χ1n) is 11.0. The Balaban J connectivity index is 1.54. The van der Waals surface area contributed by atoms with E-state index in [9.17, 15) is 9.59 Å². The standard InChI is InChI=1S/C22H21ClN8O5/c1-11-15-20(26-22(23)25-11)30(10-24-15)21-18(35-13(3)33)16(34-12(2)32)17(36-21)19-27-29-31(28-19)9-14-7-5-4-6-8-14/h4-8,10,16-18,21H,9H2,1-3H3. The SMILES string of the molecule is CC(=O)OC1C(c2nnn(Cc3ccccc3)n2)OC(n2cnc3c(C)nc(Cl)nc32)C1OC(C)=O. The molecule has 0 N–H and O–H groups in total. The normalized spacial score (nSPS) is 21.6. The molecule has 4 heterocycles. The molecule has 186 valence electrons. The number of imidazole rings is 1. The van der Waals surface area contributed by atoms with E-state index in [0.29, 0.717) is 23.4 Å². The van der Waals surface area contributed by atoms with Crippen LogP contribution in [0.2, 0.25) is 5.28 Å². The monoisotopic (exact) mass is 512 g/mol. The zero-order chi connectivity index (χ0) is 25.4. The summed E-state index contributed by atoms with van der Waals surface area (Å²) in [6, 6.07) is 9.59. The van der Waals surface area contributed by atoms with Gasteiger partial charge in [-0.25, -0.2) is 9.97 Å². The molecule has 14 heteroatoms. The number of halogens is 1. The van der Waals surface area contributed by atoms with Gasteiger partial charge in [-0.15, -0.1) is 10.2 Å². The molecule has 1 aromatic carbocycles. The quantitative estimate of drug-likeness (QED) is 0.275. The predicted octanol–water partition coefficient (Wildman–Crippen LogP) is 1.96. The van der Waals surface area contributed by atoms with Crippen molar-refractivity contribution in [2.24, 2.45) is 0 Å². The van der Waals surface area contributed by atoms with E-state index in [1.54, 1.807) is 11.5 Å². The Bertz CT molecular complexity index is 1420. The van der Waals surface area contributed by atoms with Crippen LogP contribution in [-0.4, -0.2) is 63.9 Å². The molecular weight excluding hydrogens is 492 g/mol. The van der Waals surface area contributed by atoms with Crippen LogP contribution in [0.5, 0.6) is 0 Å². The number of carbonyl (C=O) groups excluding carboxylic acids is 2. The first-order chi connectivity index (χ1) is 17.3. The summed E-state index contributed by atoms with van der Waals surface area (Å²) in [6.45, 7) is 4.61. The third-order valence-corrected chi connectivity index (χ3v) is 5.69. The second-order valence-corrected chi connectivity index (χ2v) is 8.50. The lowest BCUT2D eigenvalue weighted by molar-refractivity contribution is -0.165. The molecule has 0 saturated carbocycles. The van der Waals surface area contributed by atoms with Crippen molar-refractivity contribution in [3.8, 4) is 0 Å². The molecule has 1 saturated heterocycles. The van der Waals surface area contributed by atoms with Gasteiger partial charge in [0.25, 0.3) is 0 Å². The van der Waals surface area contributed by atoms with Gasteiger partial charge in [0.1, 0.15) is 5.52 Å². The summed E-state index contributed by atoms with van der Waals surface area (Å²) in [4.78, 5) is 38.2. The van der Waals surface area contributed by atoms with E-state index in [4.69, 9.17) is 25.8 Å². The molecule has 0 bridgehead atoms. The number of benzene rings is 1. The smallest absolute Gasteiger partial charge is 0.303 e. The van der Waals surface area contributed by atoms with Gasteiger partial charge in [-0.1, -0.05) is 30.3 Å². The number of esters is 2. The minimum atomic E-state index is -1.07. The minimum Gasteiger partial charge on any atom is -0.455 e. The Labute approximate surface area is 209 Å². The minimum absolute atomic E-state index is 0.0161. The van der Waals surface area contributed by atoms with Gasteiger partial charge in [-0.05, 0) is 29.3 Å². The van der Waals surface area contributed by atoms with Crippen LogP contribution in [0, 0.1) is 6.92 Å². The molecule has 0 radical (unpaired) electrons. The summed E-state index contributed by atoms with van der Waals surface area (Å²) in [7, 11) is 0. The number of fused-ring (bicyclic) bond motifs is 1. The van der Waals surface area contributed by atoms with Gasteiger partial charge in [0.05, 0.1) is 18.6 Å². The van der Waals surface area contributed by atoms with E-state index in [-0.39, 0.29) is 11.1 Å². The van der Waals surface area contributed by atoms with Crippen molar-refractivity contribution in [2.45, 2.75) is 51.9 Å². The molecule has 3 aromatic heterocycles. The van der Waals surface area contributed by atoms with Crippen molar-refractivity contribution in [3.63, 3.8) is 0 Å². The second kappa shape index (κ2) is 9.59. The first-order valence-corrected chi connectivity index (χ1v) is 11.4. The molecule has 1 fully saturated rings. The maximum atomic E-state index is 12.0. The maximum Gasteiger partial charge on any atom is 0.303 e. The van der Waals surface area contributed by atoms with Gasteiger partial charge in [0.15, 0.2) is 30.2 Å². The molecule has 1 aliphatic rings. The summed E-state index contributed by atoms with van der Waals surface area (Å²) in [5.41, 5.74) is 2.38. The Kier molecular flexibility index (Phi) is 6.33. The van der Waals surface area contributed by atoms with E-state index in [0.717, 1.165) is 5.56 Å². The summed E-state index contributed by atoms with van der Waals surface area (Å²) in [6.07, 6.45) is -2.65. The van der Waals surface area contributed by atoms with E-state index in [1.807, 2.05) is 30.3 Å². The van der Waals surface area contributed by atoms with Crippen LogP contribution in [0.3, 0.4) is 0 Å². The molecule has 36 heavy (non-hydrogen) atoms. The van der Waals surface area contributed by atoms with Gasteiger partial charge in [-0.2, -0.15) is 9.78 Å². The number of tetrazole rings is 1. The van der Waals surface area contributed by atoms with Crippen molar-refractivity contribution in [1.82, 2.24) is 39.7 Å². The lowest BCUT2D eigenvalue weighted by Gasteiger charge is -2.23. The lowest BCUT2D eigenvalue weighted by atomic mass is 10.1. The fourth-order valence-electron chi connectivity index (χ4n) is 4.10. The lowest BCUT2D eigenvalue weighted by Crippen LogP contribution is -2.37. The van der Waals surface area contributed by atoms with E-state index in [1.165, 1.54) is 25.0 Å². The molecule has 13 nitrogen and oxygen atoms in total. The number of carbonyl (C=O) groups is 2. The largest absolute Gasteiger partial charge is 0.455 e. The van der Waals surface area contributed by atoms with Gasteiger partial charge in [-0.3, -0.25) is 14.2 Å². The molecule has 4 unspecified atom stereocenters. The van der Waals surface area contributed by atoms with Crippen LogP contribution in [0.25, 0.3) is 11.2 Å². The fourth-order valence-corrected chi connectivity index (χ4v) is 4.31. The molecule has 0 aliphatic carbocycles. The van der Waals surface area contributed by atoms with Crippen molar-refractivity contribution in [2.75, 3.05) is 0 Å². The first kappa shape index (κ1) is 23.8. The molecule has 4 atom stereocenters. The van der Waals surface area contributed by atoms with Gasteiger partial charge < -0.3 is 14.2 Å². The Hall–Kier alpha value is -3.97. The van der Waals surface area contributed by atoms with Crippen molar-refractivity contribution >= 4 is 34.7 Å². The number of hydrogen-bond acceptors (Lipinski definition) is 11. The third kappa shape index (κ3) is 4.62. The Morgan fingerprint density at radius 1 is 1.08 bits per heavy atom. The summed E-state index contributed by atoms with van der Waals surface area (Å²) < 4.78 is 18.9. The number of aryl methyl sites for hydroxylation is 1. The van der Waals surface area contributed by atoms with Crippen LogP contribution in [-0.2, 0) is 30.3 Å². The average molecular weight is 513 g/mol. The zero-order valence-electron chi connectivity index (χ0n) is 19.5. The predicted molar refractivity (Wildman–Crippen MR) is 122 cm³/mol. The number of hydrogen-bond donors (Lipinski definition) is 0. The van der Waals surface area contributed by atoms with Gasteiger partial charge in [0.2, 0.25) is 11.1 Å².